The lowest BCUT2D eigenvalue weighted by Gasteiger charge is -2.45. The zero-order chi connectivity index (χ0) is 20.4. The maximum Gasteiger partial charge on any atom is 0.197 e. The zero-order valence-corrected chi connectivity index (χ0v) is 18.1. The molecular weight excluding hydrogens is 378 g/mol. The van der Waals surface area contributed by atoms with E-state index in [2.05, 4.69) is 29.7 Å². The molecule has 0 saturated carbocycles. The van der Waals surface area contributed by atoms with Gasteiger partial charge in [-0.25, -0.2) is 0 Å². The third-order valence-corrected chi connectivity index (χ3v) is 5.67. The topological polar surface area (TPSA) is 94.9 Å². The van der Waals surface area contributed by atoms with E-state index in [4.69, 9.17) is 23.4 Å². The number of ether oxygens (including phenoxy) is 4. The van der Waals surface area contributed by atoms with Crippen LogP contribution in [0.1, 0.15) is 19.4 Å². The molecule has 1 aromatic rings. The van der Waals surface area contributed by atoms with E-state index in [-0.39, 0.29) is 19.3 Å². The van der Waals surface area contributed by atoms with Crippen molar-refractivity contribution in [3.05, 3.63) is 46.3 Å². The van der Waals surface area contributed by atoms with Gasteiger partial charge >= 0.3 is 0 Å². The van der Waals surface area contributed by atoms with Crippen molar-refractivity contribution < 1.29 is 23.4 Å². The number of rotatable bonds is 7. The Bertz CT molecular complexity index is 720. The van der Waals surface area contributed by atoms with Crippen molar-refractivity contribution in [1.29, 1.82) is 0 Å². The SMILES string of the molecule is CC1(C)O[C@@H]2[C@@H](CO[C@@](CO[Si](C)(C)C)(N=[N+]=[N-])[C@H]2OCc2ccccc2)O1. The van der Waals surface area contributed by atoms with Crippen molar-refractivity contribution in [1.82, 2.24) is 0 Å². The average molecular weight is 408 g/mol. The standard InChI is InChI=1S/C19H29N3O5Si/c1-18(2)26-15-12-24-19(21-22-20,13-25-28(3,4)5)17(16(15)27-18)23-11-14-9-7-6-8-10-14/h6-10,15-17H,11-13H2,1-5H3/t15-,16-,17+,19-/m1/s1. The fourth-order valence-corrected chi connectivity index (χ4v) is 4.07. The summed E-state index contributed by atoms with van der Waals surface area (Å²) < 4.78 is 30.5. The van der Waals surface area contributed by atoms with E-state index in [1.165, 1.54) is 0 Å². The Balaban J connectivity index is 1.89. The number of hydrogen-bond acceptors (Lipinski definition) is 6. The quantitative estimate of drug-likeness (QED) is 0.295. The van der Waals surface area contributed by atoms with E-state index in [1.54, 1.807) is 0 Å². The maximum atomic E-state index is 9.27. The fraction of sp³-hybridized carbons (Fsp3) is 0.684. The Hall–Kier alpha value is -1.45. The van der Waals surface area contributed by atoms with Crippen molar-refractivity contribution in [3.63, 3.8) is 0 Å². The van der Waals surface area contributed by atoms with Crippen LogP contribution < -0.4 is 0 Å². The predicted octanol–water partition coefficient (Wildman–Crippen LogP) is 3.98. The molecule has 2 fully saturated rings. The van der Waals surface area contributed by atoms with E-state index in [1.807, 2.05) is 44.2 Å². The highest BCUT2D eigenvalue weighted by Crippen LogP contribution is 2.41. The molecule has 2 aliphatic heterocycles. The van der Waals surface area contributed by atoms with Gasteiger partial charge in [0.05, 0.1) is 19.8 Å². The second-order valence-electron chi connectivity index (χ2n) is 8.60. The van der Waals surface area contributed by atoms with Crippen LogP contribution in [-0.2, 0) is 30.0 Å². The largest absolute Gasteiger partial charge is 0.414 e. The van der Waals surface area contributed by atoms with E-state index >= 15 is 0 Å². The summed E-state index contributed by atoms with van der Waals surface area (Å²) in [5, 5.41) is 4.02. The molecule has 0 spiro atoms. The second kappa shape index (κ2) is 8.12. The monoisotopic (exact) mass is 407 g/mol. The molecule has 9 heteroatoms. The first-order chi connectivity index (χ1) is 13.1. The zero-order valence-electron chi connectivity index (χ0n) is 17.1. The smallest absolute Gasteiger partial charge is 0.197 e. The van der Waals surface area contributed by atoms with Gasteiger partial charge in [0.2, 0.25) is 0 Å². The van der Waals surface area contributed by atoms with Crippen LogP contribution in [0.15, 0.2) is 35.4 Å². The van der Waals surface area contributed by atoms with Crippen LogP contribution in [0.4, 0.5) is 0 Å². The third-order valence-electron chi connectivity index (χ3n) is 4.66. The molecular formula is C19H29N3O5Si. The van der Waals surface area contributed by atoms with E-state index in [9.17, 15) is 5.53 Å². The van der Waals surface area contributed by atoms with Crippen molar-refractivity contribution in [2.45, 2.75) is 69.9 Å². The highest BCUT2D eigenvalue weighted by Gasteiger charge is 2.58. The van der Waals surface area contributed by atoms with Crippen LogP contribution in [0.2, 0.25) is 19.6 Å². The van der Waals surface area contributed by atoms with Gasteiger partial charge in [0, 0.05) is 4.91 Å². The summed E-state index contributed by atoms with van der Waals surface area (Å²) >= 11 is 0. The molecule has 0 aromatic heterocycles. The Morgan fingerprint density at radius 1 is 1.21 bits per heavy atom. The summed E-state index contributed by atoms with van der Waals surface area (Å²) in [6, 6.07) is 9.81. The molecule has 3 rings (SSSR count). The molecule has 0 radical (unpaired) electrons. The van der Waals surface area contributed by atoms with Gasteiger partial charge in [0.1, 0.15) is 18.3 Å². The van der Waals surface area contributed by atoms with Gasteiger partial charge in [-0.2, -0.15) is 0 Å². The van der Waals surface area contributed by atoms with Gasteiger partial charge in [0.25, 0.3) is 0 Å². The molecule has 0 unspecified atom stereocenters. The van der Waals surface area contributed by atoms with Gasteiger partial charge in [-0.3, -0.25) is 0 Å². The molecule has 0 bridgehead atoms. The highest BCUT2D eigenvalue weighted by molar-refractivity contribution is 6.69. The number of fused-ring (bicyclic) bond motifs is 1. The van der Waals surface area contributed by atoms with Gasteiger partial charge < -0.3 is 23.4 Å². The lowest BCUT2D eigenvalue weighted by molar-refractivity contribution is -0.237. The van der Waals surface area contributed by atoms with Crippen molar-refractivity contribution >= 4 is 8.32 Å². The molecule has 8 nitrogen and oxygen atoms in total. The summed E-state index contributed by atoms with van der Waals surface area (Å²) in [6.07, 6.45) is -1.40. The average Bonchev–Trinajstić information content (AvgIpc) is 2.94. The van der Waals surface area contributed by atoms with Crippen LogP contribution in [0.25, 0.3) is 10.4 Å². The molecule has 0 amide bonds. The Labute approximate surface area is 166 Å². The molecule has 2 heterocycles. The Morgan fingerprint density at radius 3 is 2.57 bits per heavy atom. The van der Waals surface area contributed by atoms with Crippen LogP contribution in [0, 0.1) is 0 Å². The summed E-state index contributed by atoms with van der Waals surface area (Å²) in [5.41, 5.74) is 8.96. The van der Waals surface area contributed by atoms with Gasteiger partial charge in [-0.1, -0.05) is 35.4 Å². The minimum Gasteiger partial charge on any atom is -0.414 e. The first-order valence-electron chi connectivity index (χ1n) is 9.49. The van der Waals surface area contributed by atoms with Gasteiger partial charge in [0.15, 0.2) is 19.8 Å². The lowest BCUT2D eigenvalue weighted by atomic mass is 9.95. The number of benzene rings is 1. The minimum atomic E-state index is -1.89. The van der Waals surface area contributed by atoms with Crippen LogP contribution in [0.3, 0.4) is 0 Å². The summed E-state index contributed by atoms with van der Waals surface area (Å²) in [7, 11) is -1.89. The lowest BCUT2D eigenvalue weighted by Crippen LogP contribution is -2.62. The van der Waals surface area contributed by atoms with Crippen molar-refractivity contribution in [3.8, 4) is 0 Å². The molecule has 4 atom stereocenters. The predicted molar refractivity (Wildman–Crippen MR) is 106 cm³/mol. The maximum absolute atomic E-state index is 9.27. The summed E-state index contributed by atoms with van der Waals surface area (Å²) in [6.45, 7) is 10.6. The Morgan fingerprint density at radius 2 is 1.93 bits per heavy atom. The molecule has 1 aromatic carbocycles. The minimum absolute atomic E-state index is 0.110. The first-order valence-corrected chi connectivity index (χ1v) is 12.9. The van der Waals surface area contributed by atoms with Gasteiger partial charge in [-0.05, 0) is 44.6 Å². The normalized spacial score (nSPS) is 31.8. The molecule has 154 valence electrons. The van der Waals surface area contributed by atoms with E-state index < -0.39 is 32.0 Å². The number of azide groups is 1. The molecule has 0 N–H and O–H groups in total. The highest BCUT2D eigenvalue weighted by atomic mass is 28.4. The number of hydrogen-bond donors (Lipinski definition) is 0. The first kappa shape index (κ1) is 21.3. The summed E-state index contributed by atoms with van der Waals surface area (Å²) in [5.74, 6) is -0.765. The summed E-state index contributed by atoms with van der Waals surface area (Å²) in [4.78, 5) is 3.05. The van der Waals surface area contributed by atoms with Crippen LogP contribution in [0.5, 0.6) is 0 Å². The molecule has 2 saturated heterocycles. The Kier molecular flexibility index (Phi) is 6.16. The van der Waals surface area contributed by atoms with E-state index in [0.29, 0.717) is 6.61 Å². The van der Waals surface area contributed by atoms with Crippen LogP contribution in [-0.4, -0.2) is 51.4 Å². The molecule has 2 aliphatic rings. The third kappa shape index (κ3) is 4.93. The fourth-order valence-electron chi connectivity index (χ4n) is 3.43. The van der Waals surface area contributed by atoms with Gasteiger partial charge in [-0.15, -0.1) is 0 Å². The number of nitrogens with zero attached hydrogens (tertiary/aromatic N) is 3. The second-order valence-corrected chi connectivity index (χ2v) is 13.1. The molecule has 0 aliphatic carbocycles. The van der Waals surface area contributed by atoms with Crippen molar-refractivity contribution in [2.24, 2.45) is 5.11 Å². The van der Waals surface area contributed by atoms with E-state index in [0.717, 1.165) is 5.56 Å². The van der Waals surface area contributed by atoms with Crippen LogP contribution >= 0.6 is 0 Å². The van der Waals surface area contributed by atoms with Crippen molar-refractivity contribution in [2.75, 3.05) is 13.2 Å². The molecule has 28 heavy (non-hydrogen) atoms.